The maximum Gasteiger partial charge on any atom is 0.407 e. The molecular formula is C14H18FNO2. The maximum absolute atomic E-state index is 13.0. The van der Waals surface area contributed by atoms with Crippen molar-refractivity contribution in [1.82, 2.24) is 5.32 Å². The minimum atomic E-state index is -0.368. The van der Waals surface area contributed by atoms with Crippen LogP contribution < -0.4 is 5.32 Å². The summed E-state index contributed by atoms with van der Waals surface area (Å²) >= 11 is 0. The molecule has 1 aromatic carbocycles. The van der Waals surface area contributed by atoms with Gasteiger partial charge in [-0.1, -0.05) is 25.5 Å². The van der Waals surface area contributed by atoms with E-state index in [2.05, 4.69) is 5.32 Å². The number of carbonyl (C=O) groups is 1. The molecule has 2 atom stereocenters. The molecule has 1 aliphatic carbocycles. The van der Waals surface area contributed by atoms with Gasteiger partial charge in [-0.2, -0.15) is 0 Å². The van der Waals surface area contributed by atoms with Crippen LogP contribution in [0.2, 0.25) is 0 Å². The molecule has 1 aromatic rings. The molecule has 0 spiro atoms. The lowest BCUT2D eigenvalue weighted by Gasteiger charge is -2.06. The quantitative estimate of drug-likeness (QED) is 0.816. The summed E-state index contributed by atoms with van der Waals surface area (Å²) in [6.45, 7) is 2.50. The molecule has 1 amide bonds. The van der Waals surface area contributed by atoms with Gasteiger partial charge in [0.15, 0.2) is 0 Å². The van der Waals surface area contributed by atoms with Gasteiger partial charge in [0.05, 0.1) is 6.61 Å². The molecule has 4 heteroatoms. The van der Waals surface area contributed by atoms with Crippen LogP contribution in [0, 0.1) is 5.82 Å². The fourth-order valence-electron chi connectivity index (χ4n) is 1.96. The van der Waals surface area contributed by atoms with E-state index in [-0.39, 0.29) is 23.9 Å². The highest BCUT2D eigenvalue weighted by Gasteiger charge is 2.39. The highest BCUT2D eigenvalue weighted by atomic mass is 19.1. The summed E-state index contributed by atoms with van der Waals surface area (Å²) in [5, 5.41) is 2.80. The number of rotatable bonds is 5. The average molecular weight is 251 g/mol. The van der Waals surface area contributed by atoms with Crippen LogP contribution >= 0.6 is 0 Å². The van der Waals surface area contributed by atoms with Crippen LogP contribution in [0.1, 0.15) is 37.7 Å². The van der Waals surface area contributed by atoms with Gasteiger partial charge in [0.2, 0.25) is 0 Å². The number of hydrogen-bond acceptors (Lipinski definition) is 2. The smallest absolute Gasteiger partial charge is 0.407 e. The second-order valence-corrected chi connectivity index (χ2v) is 4.64. The van der Waals surface area contributed by atoms with Crippen LogP contribution in [-0.2, 0) is 4.74 Å². The van der Waals surface area contributed by atoms with E-state index in [0.29, 0.717) is 6.61 Å². The van der Waals surface area contributed by atoms with Gasteiger partial charge in [-0.3, -0.25) is 0 Å². The number of benzene rings is 1. The largest absolute Gasteiger partial charge is 0.450 e. The first-order chi connectivity index (χ1) is 8.70. The number of carbonyl (C=O) groups excluding carboxylic acids is 1. The molecule has 0 bridgehead atoms. The van der Waals surface area contributed by atoms with Crippen LogP contribution in [0.25, 0.3) is 0 Å². The zero-order chi connectivity index (χ0) is 13.0. The molecule has 98 valence electrons. The molecular weight excluding hydrogens is 233 g/mol. The lowest BCUT2D eigenvalue weighted by atomic mass is 10.1. The van der Waals surface area contributed by atoms with E-state index in [1.807, 2.05) is 13.0 Å². The zero-order valence-electron chi connectivity index (χ0n) is 10.5. The van der Waals surface area contributed by atoms with E-state index < -0.39 is 0 Å². The molecule has 1 fully saturated rings. The van der Waals surface area contributed by atoms with Crippen molar-refractivity contribution in [2.75, 3.05) is 6.61 Å². The Hall–Kier alpha value is -1.58. The average Bonchev–Trinajstić information content (AvgIpc) is 3.08. The molecule has 2 unspecified atom stereocenters. The van der Waals surface area contributed by atoms with Crippen LogP contribution in [0.5, 0.6) is 0 Å². The molecule has 0 heterocycles. The molecule has 18 heavy (non-hydrogen) atoms. The van der Waals surface area contributed by atoms with Crippen LogP contribution in [-0.4, -0.2) is 18.7 Å². The van der Waals surface area contributed by atoms with E-state index in [9.17, 15) is 9.18 Å². The van der Waals surface area contributed by atoms with Gasteiger partial charge in [0, 0.05) is 12.0 Å². The number of ether oxygens (including phenoxy) is 1. The standard InChI is InChI=1S/C14H18FNO2/c1-2-3-7-18-14(17)16-13-9-12(13)10-5-4-6-11(15)8-10/h4-6,8,12-13H,2-3,7,9H2,1H3,(H,16,17). The normalized spacial score (nSPS) is 21.4. The molecule has 0 radical (unpaired) electrons. The van der Waals surface area contributed by atoms with E-state index in [1.54, 1.807) is 6.07 Å². The second-order valence-electron chi connectivity index (χ2n) is 4.64. The van der Waals surface area contributed by atoms with Crippen LogP contribution in [0.15, 0.2) is 24.3 Å². The zero-order valence-corrected chi connectivity index (χ0v) is 10.5. The van der Waals surface area contributed by atoms with E-state index >= 15 is 0 Å². The Bertz CT molecular complexity index is 422. The van der Waals surface area contributed by atoms with Crippen molar-refractivity contribution in [3.8, 4) is 0 Å². The summed E-state index contributed by atoms with van der Waals surface area (Å²) < 4.78 is 18.1. The Morgan fingerprint density at radius 2 is 2.39 bits per heavy atom. The molecule has 0 aliphatic heterocycles. The summed E-state index contributed by atoms with van der Waals surface area (Å²) in [6.07, 6.45) is 2.37. The van der Waals surface area contributed by atoms with Gasteiger partial charge < -0.3 is 10.1 Å². The van der Waals surface area contributed by atoms with Gasteiger partial charge in [0.1, 0.15) is 5.82 Å². The van der Waals surface area contributed by atoms with Gasteiger partial charge in [-0.25, -0.2) is 9.18 Å². The minimum absolute atomic E-state index is 0.0842. The van der Waals surface area contributed by atoms with Crippen molar-refractivity contribution >= 4 is 6.09 Å². The third kappa shape index (κ3) is 3.45. The molecule has 1 aliphatic rings. The van der Waals surface area contributed by atoms with E-state index in [0.717, 1.165) is 24.8 Å². The van der Waals surface area contributed by atoms with Gasteiger partial charge in [-0.15, -0.1) is 0 Å². The SMILES string of the molecule is CCCCOC(=O)NC1CC1c1cccc(F)c1. The number of hydrogen-bond donors (Lipinski definition) is 1. The van der Waals surface area contributed by atoms with Crippen LogP contribution in [0.3, 0.4) is 0 Å². The number of nitrogens with one attached hydrogen (secondary N) is 1. The van der Waals surface area contributed by atoms with Crippen molar-refractivity contribution in [1.29, 1.82) is 0 Å². The van der Waals surface area contributed by atoms with Crippen molar-refractivity contribution in [2.45, 2.75) is 38.1 Å². The lowest BCUT2D eigenvalue weighted by Crippen LogP contribution is -2.27. The topological polar surface area (TPSA) is 38.3 Å². The lowest BCUT2D eigenvalue weighted by molar-refractivity contribution is 0.144. The molecule has 3 nitrogen and oxygen atoms in total. The first-order valence-corrected chi connectivity index (χ1v) is 6.39. The monoisotopic (exact) mass is 251 g/mol. The van der Waals surface area contributed by atoms with Gasteiger partial charge >= 0.3 is 6.09 Å². The third-order valence-corrected chi connectivity index (χ3v) is 3.10. The van der Waals surface area contributed by atoms with Crippen molar-refractivity contribution in [2.24, 2.45) is 0 Å². The molecule has 1 saturated carbocycles. The van der Waals surface area contributed by atoms with Crippen molar-refractivity contribution in [3.05, 3.63) is 35.6 Å². The number of amides is 1. The molecule has 2 rings (SSSR count). The summed E-state index contributed by atoms with van der Waals surface area (Å²) in [7, 11) is 0. The third-order valence-electron chi connectivity index (χ3n) is 3.10. The summed E-state index contributed by atoms with van der Waals surface area (Å²) in [5.41, 5.74) is 0.939. The van der Waals surface area contributed by atoms with Crippen molar-refractivity contribution in [3.63, 3.8) is 0 Å². The first-order valence-electron chi connectivity index (χ1n) is 6.39. The Labute approximate surface area is 106 Å². The summed E-state index contributed by atoms with van der Waals surface area (Å²) in [6, 6.07) is 6.61. The van der Waals surface area contributed by atoms with E-state index in [4.69, 9.17) is 4.74 Å². The minimum Gasteiger partial charge on any atom is -0.450 e. The number of unbranched alkanes of at least 4 members (excludes halogenated alkanes) is 1. The Morgan fingerprint density at radius 3 is 3.11 bits per heavy atom. The Kier molecular flexibility index (Phi) is 4.18. The highest BCUT2D eigenvalue weighted by Crippen LogP contribution is 2.40. The van der Waals surface area contributed by atoms with Gasteiger partial charge in [-0.05, 0) is 30.5 Å². The van der Waals surface area contributed by atoms with Gasteiger partial charge in [0.25, 0.3) is 0 Å². The Balaban J connectivity index is 1.76. The fraction of sp³-hybridized carbons (Fsp3) is 0.500. The highest BCUT2D eigenvalue weighted by molar-refractivity contribution is 5.68. The van der Waals surface area contributed by atoms with Crippen molar-refractivity contribution < 1.29 is 13.9 Å². The van der Waals surface area contributed by atoms with Crippen LogP contribution in [0.4, 0.5) is 9.18 Å². The summed E-state index contributed by atoms with van der Waals surface area (Å²) in [5.74, 6) is -0.0110. The molecule has 0 aromatic heterocycles. The first kappa shape index (κ1) is 12.9. The molecule has 1 N–H and O–H groups in total. The Morgan fingerprint density at radius 1 is 1.56 bits per heavy atom. The maximum atomic E-state index is 13.0. The summed E-state index contributed by atoms with van der Waals surface area (Å²) in [4.78, 5) is 11.4. The predicted octanol–water partition coefficient (Wildman–Crippen LogP) is 3.21. The number of alkyl carbamates (subject to hydrolysis) is 1. The number of halogens is 1. The fourth-order valence-corrected chi connectivity index (χ4v) is 1.96. The molecule has 0 saturated heterocycles. The predicted molar refractivity (Wildman–Crippen MR) is 66.9 cm³/mol. The van der Waals surface area contributed by atoms with E-state index in [1.165, 1.54) is 12.1 Å². The second kappa shape index (κ2) is 5.85.